The highest BCUT2D eigenvalue weighted by atomic mass is 16.5. The van der Waals surface area contributed by atoms with E-state index < -0.39 is 0 Å². The molecule has 0 radical (unpaired) electrons. The van der Waals surface area contributed by atoms with Gasteiger partial charge in [0.05, 0.1) is 13.0 Å². The van der Waals surface area contributed by atoms with Crippen molar-refractivity contribution in [2.24, 2.45) is 29.6 Å². The summed E-state index contributed by atoms with van der Waals surface area (Å²) >= 11 is 0. The van der Waals surface area contributed by atoms with E-state index in [0.717, 1.165) is 49.4 Å². The van der Waals surface area contributed by atoms with Crippen LogP contribution >= 0.6 is 0 Å². The lowest BCUT2D eigenvalue weighted by atomic mass is 9.69. The number of aryl methyl sites for hydroxylation is 1. The molecule has 3 saturated carbocycles. The topological polar surface area (TPSA) is 26.3 Å². The van der Waals surface area contributed by atoms with Gasteiger partial charge in [-0.2, -0.15) is 0 Å². The standard InChI is InChI=1S/C29H44O2/c1-21-3-11-24(12-4-21)25-13-7-22(8-14-25)5-6-23-9-15-26(16-10-23)27-17-19-28(20-18-27)29(30)31-2/h9-10,15-16,21-22,24-25,27-28H,3-8,11-14,17-20H2,1-2H3. The molecule has 0 aromatic heterocycles. The lowest BCUT2D eigenvalue weighted by Crippen LogP contribution is -2.25. The first kappa shape index (κ1) is 22.9. The summed E-state index contributed by atoms with van der Waals surface area (Å²) in [4.78, 5) is 11.7. The van der Waals surface area contributed by atoms with E-state index in [-0.39, 0.29) is 11.9 Å². The van der Waals surface area contributed by atoms with Gasteiger partial charge in [-0.1, -0.05) is 56.9 Å². The zero-order valence-electron chi connectivity index (χ0n) is 20.0. The van der Waals surface area contributed by atoms with Gasteiger partial charge in [0.25, 0.3) is 0 Å². The van der Waals surface area contributed by atoms with Gasteiger partial charge in [-0.05, 0) is 105 Å². The maximum Gasteiger partial charge on any atom is 0.308 e. The van der Waals surface area contributed by atoms with Crippen LogP contribution in [0.1, 0.15) is 107 Å². The van der Waals surface area contributed by atoms with E-state index in [0.29, 0.717) is 5.92 Å². The van der Waals surface area contributed by atoms with Gasteiger partial charge in [0.15, 0.2) is 0 Å². The van der Waals surface area contributed by atoms with Crippen LogP contribution in [0, 0.1) is 29.6 Å². The van der Waals surface area contributed by atoms with Crippen molar-refractivity contribution >= 4 is 5.97 Å². The minimum absolute atomic E-state index is 0.0174. The van der Waals surface area contributed by atoms with Crippen molar-refractivity contribution in [3.8, 4) is 0 Å². The molecule has 0 amide bonds. The van der Waals surface area contributed by atoms with Crippen LogP contribution in [0.2, 0.25) is 0 Å². The number of hydrogen-bond acceptors (Lipinski definition) is 2. The van der Waals surface area contributed by atoms with E-state index in [1.54, 1.807) is 0 Å². The van der Waals surface area contributed by atoms with Crippen molar-refractivity contribution in [2.75, 3.05) is 7.11 Å². The third-order valence-corrected chi connectivity index (χ3v) is 9.17. The average Bonchev–Trinajstić information content (AvgIpc) is 2.83. The SMILES string of the molecule is COC(=O)C1CCC(c2ccc(CCC3CCC(C4CCC(C)CC4)CC3)cc2)CC1. The van der Waals surface area contributed by atoms with Crippen molar-refractivity contribution in [1.82, 2.24) is 0 Å². The molecule has 0 saturated heterocycles. The number of carbonyl (C=O) groups excluding carboxylic acids is 1. The first-order chi connectivity index (χ1) is 15.1. The van der Waals surface area contributed by atoms with Crippen molar-refractivity contribution in [2.45, 2.75) is 103 Å². The van der Waals surface area contributed by atoms with Gasteiger partial charge in [0.2, 0.25) is 0 Å². The average molecular weight is 425 g/mol. The molecule has 2 heteroatoms. The first-order valence-electron chi connectivity index (χ1n) is 13.3. The molecule has 1 aromatic carbocycles. The monoisotopic (exact) mass is 424 g/mol. The van der Waals surface area contributed by atoms with Crippen LogP contribution in [0.25, 0.3) is 0 Å². The fourth-order valence-corrected chi connectivity index (χ4v) is 6.86. The van der Waals surface area contributed by atoms with Crippen molar-refractivity contribution in [3.05, 3.63) is 35.4 Å². The van der Waals surface area contributed by atoms with E-state index in [4.69, 9.17) is 4.74 Å². The van der Waals surface area contributed by atoms with Crippen molar-refractivity contribution < 1.29 is 9.53 Å². The fourth-order valence-electron chi connectivity index (χ4n) is 6.86. The summed E-state index contributed by atoms with van der Waals surface area (Å²) in [6.45, 7) is 2.44. The van der Waals surface area contributed by atoms with Gasteiger partial charge in [0, 0.05) is 0 Å². The lowest BCUT2D eigenvalue weighted by molar-refractivity contribution is -0.146. The van der Waals surface area contributed by atoms with Crippen LogP contribution < -0.4 is 0 Å². The molecule has 0 aliphatic heterocycles. The summed E-state index contributed by atoms with van der Waals surface area (Å²) in [5, 5.41) is 0. The summed E-state index contributed by atoms with van der Waals surface area (Å²) in [6.07, 6.45) is 18.7. The highest BCUT2D eigenvalue weighted by molar-refractivity contribution is 5.72. The second-order valence-electron chi connectivity index (χ2n) is 11.2. The van der Waals surface area contributed by atoms with E-state index in [2.05, 4.69) is 31.2 Å². The molecule has 0 N–H and O–H groups in total. The summed E-state index contributed by atoms with van der Waals surface area (Å²) in [7, 11) is 1.51. The Labute approximate surface area is 190 Å². The predicted molar refractivity (Wildman–Crippen MR) is 128 cm³/mol. The second-order valence-corrected chi connectivity index (χ2v) is 11.2. The molecule has 172 valence electrons. The van der Waals surface area contributed by atoms with E-state index in [1.165, 1.54) is 82.4 Å². The Morgan fingerprint density at radius 3 is 1.97 bits per heavy atom. The number of rotatable bonds is 6. The summed E-state index contributed by atoms with van der Waals surface area (Å²) in [6, 6.07) is 9.46. The van der Waals surface area contributed by atoms with Gasteiger partial charge in [-0.3, -0.25) is 4.79 Å². The molecule has 1 aromatic rings. The number of ether oxygens (including phenoxy) is 1. The summed E-state index contributed by atoms with van der Waals surface area (Å²) in [5.74, 6) is 4.74. The van der Waals surface area contributed by atoms with E-state index in [9.17, 15) is 4.79 Å². The smallest absolute Gasteiger partial charge is 0.308 e. The Balaban J connectivity index is 1.17. The summed E-state index contributed by atoms with van der Waals surface area (Å²) in [5.41, 5.74) is 2.98. The minimum Gasteiger partial charge on any atom is -0.469 e. The van der Waals surface area contributed by atoms with Gasteiger partial charge in [-0.15, -0.1) is 0 Å². The quantitative estimate of drug-likeness (QED) is 0.437. The van der Waals surface area contributed by atoms with Gasteiger partial charge >= 0.3 is 5.97 Å². The number of benzene rings is 1. The maximum atomic E-state index is 11.7. The molecule has 3 fully saturated rings. The van der Waals surface area contributed by atoms with Crippen LogP contribution in [0.5, 0.6) is 0 Å². The molecule has 0 heterocycles. The number of carbonyl (C=O) groups is 1. The van der Waals surface area contributed by atoms with Crippen molar-refractivity contribution in [3.63, 3.8) is 0 Å². The van der Waals surface area contributed by atoms with E-state index >= 15 is 0 Å². The number of hydrogen-bond donors (Lipinski definition) is 0. The van der Waals surface area contributed by atoms with Crippen molar-refractivity contribution in [1.29, 1.82) is 0 Å². The fraction of sp³-hybridized carbons (Fsp3) is 0.759. The predicted octanol–water partition coefficient (Wildman–Crippen LogP) is 7.70. The number of methoxy groups -OCH3 is 1. The molecule has 3 aliphatic carbocycles. The Morgan fingerprint density at radius 2 is 1.39 bits per heavy atom. The molecule has 2 nitrogen and oxygen atoms in total. The molecular formula is C29H44O2. The van der Waals surface area contributed by atoms with Gasteiger partial charge < -0.3 is 4.74 Å². The van der Waals surface area contributed by atoms with Crippen LogP contribution in [0.3, 0.4) is 0 Å². The van der Waals surface area contributed by atoms with Crippen LogP contribution in [0.15, 0.2) is 24.3 Å². The van der Waals surface area contributed by atoms with Crippen LogP contribution in [-0.4, -0.2) is 13.1 Å². The molecule has 0 bridgehead atoms. The van der Waals surface area contributed by atoms with Gasteiger partial charge in [-0.25, -0.2) is 0 Å². The molecule has 31 heavy (non-hydrogen) atoms. The molecule has 0 unspecified atom stereocenters. The highest BCUT2D eigenvalue weighted by Crippen LogP contribution is 2.42. The Morgan fingerprint density at radius 1 is 0.806 bits per heavy atom. The highest BCUT2D eigenvalue weighted by Gasteiger charge is 2.30. The van der Waals surface area contributed by atoms with Gasteiger partial charge in [0.1, 0.15) is 0 Å². The Bertz CT molecular complexity index is 669. The largest absolute Gasteiger partial charge is 0.469 e. The minimum atomic E-state index is -0.0174. The lowest BCUT2D eigenvalue weighted by Gasteiger charge is -2.37. The maximum absolute atomic E-state index is 11.7. The zero-order chi connectivity index (χ0) is 21.6. The van der Waals surface area contributed by atoms with E-state index in [1.807, 2.05) is 0 Å². The first-order valence-corrected chi connectivity index (χ1v) is 13.3. The van der Waals surface area contributed by atoms with Crippen LogP contribution in [-0.2, 0) is 16.0 Å². The molecule has 0 atom stereocenters. The third-order valence-electron chi connectivity index (χ3n) is 9.17. The molecule has 4 rings (SSSR count). The van der Waals surface area contributed by atoms with Crippen LogP contribution in [0.4, 0.5) is 0 Å². The Hall–Kier alpha value is -1.31. The second kappa shape index (κ2) is 11.0. The summed E-state index contributed by atoms with van der Waals surface area (Å²) < 4.78 is 4.92. The molecule has 3 aliphatic rings. The normalized spacial score (nSPS) is 34.3. The Kier molecular flexibility index (Phi) is 8.13. The third kappa shape index (κ3) is 6.14. The number of esters is 1. The molecule has 0 spiro atoms. The molecular weight excluding hydrogens is 380 g/mol. The zero-order valence-corrected chi connectivity index (χ0v) is 20.0.